The molecule has 0 radical (unpaired) electrons. The highest BCUT2D eigenvalue weighted by Gasteiger charge is 2.19. The van der Waals surface area contributed by atoms with Crippen LogP contribution >= 0.6 is 25.3 Å². The summed E-state index contributed by atoms with van der Waals surface area (Å²) in [6.45, 7) is 2.04. The fraction of sp³-hybridized carbons (Fsp3) is 0.750. The van der Waals surface area contributed by atoms with Crippen molar-refractivity contribution in [3.05, 3.63) is 11.6 Å². The molecule has 0 nitrogen and oxygen atoms in total. The Labute approximate surface area is 73.9 Å². The molecular weight excluding hydrogens is 160 g/mol. The molecule has 0 heterocycles. The maximum absolute atomic E-state index is 4.39. The van der Waals surface area contributed by atoms with Crippen LogP contribution in [0, 0.1) is 0 Å². The highest BCUT2D eigenvalue weighted by Crippen LogP contribution is 2.34. The lowest BCUT2D eigenvalue weighted by Gasteiger charge is -2.23. The van der Waals surface area contributed by atoms with Gasteiger partial charge in [-0.05, 0) is 38.2 Å². The average Bonchev–Trinajstić information content (AvgIpc) is 1.88. The van der Waals surface area contributed by atoms with Crippen molar-refractivity contribution in [3.8, 4) is 0 Å². The van der Waals surface area contributed by atoms with Gasteiger partial charge in [0.15, 0.2) is 0 Å². The Morgan fingerprint density at radius 2 is 2.10 bits per heavy atom. The van der Waals surface area contributed by atoms with Gasteiger partial charge in [-0.3, -0.25) is 0 Å². The summed E-state index contributed by atoms with van der Waals surface area (Å²) in [5, 5.41) is 0. The summed E-state index contributed by atoms with van der Waals surface area (Å²) in [7, 11) is 0. The number of thiol groups is 2. The largest absolute Gasteiger partial charge is 0.158 e. The molecule has 0 aromatic rings. The Balaban J connectivity index is 2.62. The number of hydrogen-bond acceptors (Lipinski definition) is 2. The van der Waals surface area contributed by atoms with Crippen LogP contribution in [0.4, 0.5) is 0 Å². The Morgan fingerprint density at radius 3 is 2.40 bits per heavy atom. The second kappa shape index (κ2) is 3.22. The molecule has 1 aliphatic carbocycles. The molecule has 0 unspecified atom stereocenters. The predicted molar refractivity (Wildman–Crippen MR) is 52.9 cm³/mol. The van der Waals surface area contributed by atoms with Gasteiger partial charge in [0.2, 0.25) is 0 Å². The molecule has 2 heteroatoms. The second-order valence-electron chi connectivity index (χ2n) is 3.00. The number of allylic oxidation sites excluding steroid dienone is 1. The van der Waals surface area contributed by atoms with Crippen molar-refractivity contribution in [2.75, 3.05) is 0 Å². The SMILES string of the molecule is CC(S)(S)C1=CCCCC1. The maximum atomic E-state index is 4.39. The van der Waals surface area contributed by atoms with E-state index in [9.17, 15) is 0 Å². The van der Waals surface area contributed by atoms with E-state index in [0.717, 1.165) is 0 Å². The lowest BCUT2D eigenvalue weighted by molar-refractivity contribution is 0.681. The van der Waals surface area contributed by atoms with E-state index >= 15 is 0 Å². The lowest BCUT2D eigenvalue weighted by Crippen LogP contribution is -2.12. The van der Waals surface area contributed by atoms with E-state index < -0.39 is 0 Å². The van der Waals surface area contributed by atoms with Crippen molar-refractivity contribution in [3.63, 3.8) is 0 Å². The van der Waals surface area contributed by atoms with Crippen molar-refractivity contribution in [2.24, 2.45) is 0 Å². The molecule has 0 amide bonds. The Hall–Kier alpha value is 0.440. The van der Waals surface area contributed by atoms with Crippen LogP contribution in [0.15, 0.2) is 11.6 Å². The molecule has 0 atom stereocenters. The smallest absolute Gasteiger partial charge is 0.0734 e. The molecule has 0 bridgehead atoms. The van der Waals surface area contributed by atoms with Gasteiger partial charge in [0.1, 0.15) is 0 Å². The zero-order chi connectivity index (χ0) is 7.61. The van der Waals surface area contributed by atoms with E-state index in [-0.39, 0.29) is 4.08 Å². The minimum atomic E-state index is -0.180. The van der Waals surface area contributed by atoms with Gasteiger partial charge in [-0.1, -0.05) is 6.08 Å². The minimum absolute atomic E-state index is 0.180. The first-order valence-electron chi connectivity index (χ1n) is 3.75. The van der Waals surface area contributed by atoms with Gasteiger partial charge in [0.05, 0.1) is 4.08 Å². The molecule has 0 aliphatic heterocycles. The van der Waals surface area contributed by atoms with Crippen molar-refractivity contribution in [1.29, 1.82) is 0 Å². The van der Waals surface area contributed by atoms with E-state index in [0.29, 0.717) is 0 Å². The van der Waals surface area contributed by atoms with Crippen LogP contribution in [-0.2, 0) is 0 Å². The van der Waals surface area contributed by atoms with E-state index in [2.05, 4.69) is 31.3 Å². The van der Waals surface area contributed by atoms with Crippen LogP contribution in [0.5, 0.6) is 0 Å². The van der Waals surface area contributed by atoms with Gasteiger partial charge >= 0.3 is 0 Å². The number of hydrogen-bond donors (Lipinski definition) is 2. The monoisotopic (exact) mass is 174 g/mol. The van der Waals surface area contributed by atoms with E-state index in [1.807, 2.05) is 6.92 Å². The zero-order valence-electron chi connectivity index (χ0n) is 6.30. The summed E-state index contributed by atoms with van der Waals surface area (Å²) in [6.07, 6.45) is 7.32. The molecular formula is C8H14S2. The molecule has 0 saturated carbocycles. The Morgan fingerprint density at radius 1 is 1.40 bits per heavy atom. The topological polar surface area (TPSA) is 0 Å². The molecule has 0 spiro atoms. The van der Waals surface area contributed by atoms with Crippen LogP contribution in [-0.4, -0.2) is 4.08 Å². The molecule has 0 fully saturated rings. The minimum Gasteiger partial charge on any atom is -0.158 e. The molecule has 1 rings (SSSR count). The lowest BCUT2D eigenvalue weighted by atomic mass is 9.97. The number of rotatable bonds is 1. The standard InChI is InChI=1S/C8H14S2/c1-8(9,10)7-5-3-2-4-6-7/h5,9-10H,2-4,6H2,1H3. The Kier molecular flexibility index (Phi) is 2.75. The molecule has 0 N–H and O–H groups in total. The van der Waals surface area contributed by atoms with Crippen molar-refractivity contribution < 1.29 is 0 Å². The molecule has 58 valence electrons. The normalized spacial score (nSPS) is 20.5. The summed E-state index contributed by atoms with van der Waals surface area (Å²) < 4.78 is -0.180. The fourth-order valence-corrected chi connectivity index (χ4v) is 1.67. The van der Waals surface area contributed by atoms with Gasteiger partial charge in [-0.15, -0.1) is 0 Å². The van der Waals surface area contributed by atoms with Crippen LogP contribution in [0.3, 0.4) is 0 Å². The first-order chi connectivity index (χ1) is 4.61. The van der Waals surface area contributed by atoms with Gasteiger partial charge in [-0.2, -0.15) is 25.3 Å². The Bertz CT molecular complexity index is 142. The van der Waals surface area contributed by atoms with Crippen molar-refractivity contribution >= 4 is 25.3 Å². The van der Waals surface area contributed by atoms with Gasteiger partial charge in [0, 0.05) is 0 Å². The molecule has 0 aromatic carbocycles. The summed E-state index contributed by atoms with van der Waals surface area (Å²) in [5.74, 6) is 0. The maximum Gasteiger partial charge on any atom is 0.0734 e. The van der Waals surface area contributed by atoms with Crippen LogP contribution in [0.25, 0.3) is 0 Å². The molecule has 1 aliphatic rings. The van der Waals surface area contributed by atoms with Gasteiger partial charge < -0.3 is 0 Å². The van der Waals surface area contributed by atoms with Crippen LogP contribution in [0.2, 0.25) is 0 Å². The second-order valence-corrected chi connectivity index (χ2v) is 5.14. The molecule has 10 heavy (non-hydrogen) atoms. The first-order valence-corrected chi connectivity index (χ1v) is 4.64. The van der Waals surface area contributed by atoms with E-state index in [4.69, 9.17) is 0 Å². The first kappa shape index (κ1) is 8.54. The summed E-state index contributed by atoms with van der Waals surface area (Å²) >= 11 is 8.79. The third-order valence-electron chi connectivity index (χ3n) is 1.90. The highest BCUT2D eigenvalue weighted by molar-refractivity contribution is 8.00. The third-order valence-corrected chi connectivity index (χ3v) is 2.47. The summed E-state index contributed by atoms with van der Waals surface area (Å²) in [6, 6.07) is 0. The summed E-state index contributed by atoms with van der Waals surface area (Å²) in [5.41, 5.74) is 1.39. The van der Waals surface area contributed by atoms with Crippen LogP contribution < -0.4 is 0 Å². The van der Waals surface area contributed by atoms with Crippen LogP contribution in [0.1, 0.15) is 32.6 Å². The van der Waals surface area contributed by atoms with E-state index in [1.54, 1.807) is 0 Å². The quantitative estimate of drug-likeness (QED) is 0.341. The molecule has 0 saturated heterocycles. The van der Waals surface area contributed by atoms with Crippen molar-refractivity contribution in [1.82, 2.24) is 0 Å². The highest BCUT2D eigenvalue weighted by atomic mass is 32.2. The molecule has 0 aromatic heterocycles. The van der Waals surface area contributed by atoms with Gasteiger partial charge in [0.25, 0.3) is 0 Å². The third kappa shape index (κ3) is 2.24. The van der Waals surface area contributed by atoms with Gasteiger partial charge in [-0.25, -0.2) is 0 Å². The zero-order valence-corrected chi connectivity index (χ0v) is 8.09. The van der Waals surface area contributed by atoms with E-state index in [1.165, 1.54) is 31.3 Å². The predicted octanol–water partition coefficient (Wildman–Crippen LogP) is 3.06. The fourth-order valence-electron chi connectivity index (χ4n) is 1.27. The van der Waals surface area contributed by atoms with Crippen molar-refractivity contribution in [2.45, 2.75) is 36.7 Å². The average molecular weight is 174 g/mol. The summed E-state index contributed by atoms with van der Waals surface area (Å²) in [4.78, 5) is 0.